The summed E-state index contributed by atoms with van der Waals surface area (Å²) >= 11 is 0. The van der Waals surface area contributed by atoms with Gasteiger partial charge in [-0.1, -0.05) is 31.9 Å². The van der Waals surface area contributed by atoms with Crippen molar-refractivity contribution in [1.82, 2.24) is 0 Å². The fraction of sp³-hybridized carbons (Fsp3) is 0.353. The van der Waals surface area contributed by atoms with E-state index in [0.29, 0.717) is 17.7 Å². The molecule has 0 aliphatic carbocycles. The molecule has 2 nitrogen and oxygen atoms in total. The standard InChI is InChI=1S/C17H22O2Si/c1-6-19-17(18)16-12-10-15(11-13-16)9-8-14(3)20(4,5)7-2/h7,10-14H,2,6H2,1,3-5H3. The Balaban J connectivity index is 2.81. The van der Waals surface area contributed by atoms with Crippen molar-refractivity contribution < 1.29 is 9.53 Å². The van der Waals surface area contributed by atoms with Crippen molar-refractivity contribution in [3.8, 4) is 11.8 Å². The van der Waals surface area contributed by atoms with Crippen molar-refractivity contribution in [3.05, 3.63) is 47.7 Å². The Morgan fingerprint density at radius 2 is 2.00 bits per heavy atom. The molecule has 0 saturated carbocycles. The molecule has 20 heavy (non-hydrogen) atoms. The third-order valence-corrected chi connectivity index (χ3v) is 6.90. The minimum absolute atomic E-state index is 0.291. The number of hydrogen-bond donors (Lipinski definition) is 0. The van der Waals surface area contributed by atoms with E-state index in [1.54, 1.807) is 19.1 Å². The molecule has 0 fully saturated rings. The van der Waals surface area contributed by atoms with Crippen LogP contribution in [-0.2, 0) is 4.74 Å². The zero-order valence-corrected chi connectivity index (χ0v) is 13.7. The molecule has 106 valence electrons. The van der Waals surface area contributed by atoms with Crippen molar-refractivity contribution in [2.75, 3.05) is 6.61 Å². The lowest BCUT2D eigenvalue weighted by molar-refractivity contribution is 0.0526. The number of ether oxygens (including phenoxy) is 1. The normalized spacial score (nSPS) is 12.0. The molecule has 0 spiro atoms. The summed E-state index contributed by atoms with van der Waals surface area (Å²) in [6, 6.07) is 7.22. The number of carbonyl (C=O) groups is 1. The number of rotatable bonds is 4. The van der Waals surface area contributed by atoms with Crippen LogP contribution in [0.3, 0.4) is 0 Å². The van der Waals surface area contributed by atoms with Crippen LogP contribution in [0, 0.1) is 11.8 Å². The molecule has 0 N–H and O–H groups in total. The van der Waals surface area contributed by atoms with Crippen LogP contribution in [0.15, 0.2) is 36.5 Å². The smallest absolute Gasteiger partial charge is 0.338 e. The number of hydrogen-bond acceptors (Lipinski definition) is 2. The van der Waals surface area contributed by atoms with Crippen LogP contribution in [0.5, 0.6) is 0 Å². The zero-order valence-electron chi connectivity index (χ0n) is 12.7. The van der Waals surface area contributed by atoms with Gasteiger partial charge in [0.25, 0.3) is 0 Å². The Morgan fingerprint density at radius 3 is 2.50 bits per heavy atom. The van der Waals surface area contributed by atoms with Gasteiger partial charge in [-0.15, -0.1) is 12.3 Å². The minimum Gasteiger partial charge on any atom is -0.462 e. The second kappa shape index (κ2) is 7.11. The van der Waals surface area contributed by atoms with Crippen LogP contribution in [0.4, 0.5) is 0 Å². The maximum atomic E-state index is 11.5. The molecule has 0 aromatic heterocycles. The van der Waals surface area contributed by atoms with Crippen LogP contribution >= 0.6 is 0 Å². The summed E-state index contributed by atoms with van der Waals surface area (Å²) in [6.45, 7) is 12.7. The molecule has 0 aliphatic rings. The lowest BCUT2D eigenvalue weighted by Gasteiger charge is -2.20. The van der Waals surface area contributed by atoms with Gasteiger partial charge >= 0.3 is 5.97 Å². The molecule has 1 aromatic carbocycles. The Kier molecular flexibility index (Phi) is 5.78. The SMILES string of the molecule is C=C[Si](C)(C)C(C)C#Cc1ccc(C(=O)OCC)cc1. The van der Waals surface area contributed by atoms with Crippen molar-refractivity contribution >= 4 is 14.0 Å². The zero-order chi connectivity index (χ0) is 15.2. The first kappa shape index (κ1) is 16.3. The monoisotopic (exact) mass is 286 g/mol. The van der Waals surface area contributed by atoms with E-state index >= 15 is 0 Å². The van der Waals surface area contributed by atoms with Gasteiger partial charge in [-0.3, -0.25) is 0 Å². The molecule has 0 bridgehead atoms. The van der Waals surface area contributed by atoms with Gasteiger partial charge in [-0.2, -0.15) is 0 Å². The maximum Gasteiger partial charge on any atom is 0.338 e. The summed E-state index contributed by atoms with van der Waals surface area (Å²) in [5.74, 6) is 6.16. The van der Waals surface area contributed by atoms with Crippen LogP contribution in [0.1, 0.15) is 29.8 Å². The van der Waals surface area contributed by atoms with E-state index in [1.807, 2.05) is 12.1 Å². The second-order valence-corrected chi connectivity index (χ2v) is 10.2. The fourth-order valence-electron chi connectivity index (χ4n) is 1.46. The Labute approximate surface area is 122 Å². The van der Waals surface area contributed by atoms with E-state index in [2.05, 4.69) is 44.1 Å². The van der Waals surface area contributed by atoms with Crippen LogP contribution in [0.2, 0.25) is 18.6 Å². The van der Waals surface area contributed by atoms with Gasteiger partial charge in [0.15, 0.2) is 0 Å². The predicted molar refractivity (Wildman–Crippen MR) is 86.4 cm³/mol. The largest absolute Gasteiger partial charge is 0.462 e. The number of benzene rings is 1. The quantitative estimate of drug-likeness (QED) is 0.474. The highest BCUT2D eigenvalue weighted by atomic mass is 28.3. The van der Waals surface area contributed by atoms with Gasteiger partial charge < -0.3 is 4.74 Å². The summed E-state index contributed by atoms with van der Waals surface area (Å²) in [5.41, 5.74) is 3.89. The molecule has 0 aliphatic heterocycles. The van der Waals surface area contributed by atoms with E-state index in [9.17, 15) is 4.79 Å². The highest BCUT2D eigenvalue weighted by molar-refractivity contribution is 6.84. The first-order valence-corrected chi connectivity index (χ1v) is 9.98. The fourth-order valence-corrected chi connectivity index (χ4v) is 2.26. The number of carbonyl (C=O) groups excluding carboxylic acids is 1. The van der Waals surface area contributed by atoms with Gasteiger partial charge in [0.2, 0.25) is 0 Å². The molecule has 0 radical (unpaired) electrons. The van der Waals surface area contributed by atoms with Gasteiger partial charge in [0, 0.05) is 11.1 Å². The second-order valence-electron chi connectivity index (χ2n) is 5.31. The van der Waals surface area contributed by atoms with Gasteiger partial charge in [0.1, 0.15) is 0 Å². The van der Waals surface area contributed by atoms with Crippen LogP contribution < -0.4 is 0 Å². The van der Waals surface area contributed by atoms with Crippen molar-refractivity contribution in [3.63, 3.8) is 0 Å². The van der Waals surface area contributed by atoms with Gasteiger partial charge in [-0.05, 0) is 31.2 Å². The molecule has 1 aromatic rings. The van der Waals surface area contributed by atoms with Crippen LogP contribution in [-0.4, -0.2) is 20.7 Å². The summed E-state index contributed by atoms with van der Waals surface area (Å²) < 4.78 is 4.94. The third kappa shape index (κ3) is 4.39. The van der Waals surface area contributed by atoms with E-state index in [-0.39, 0.29) is 5.97 Å². The molecular weight excluding hydrogens is 264 g/mol. The Hall–Kier alpha value is -1.79. The van der Waals surface area contributed by atoms with E-state index in [1.165, 1.54) is 0 Å². The summed E-state index contributed by atoms with van der Waals surface area (Å²) in [6.07, 6.45) is 0. The predicted octanol–water partition coefficient (Wildman–Crippen LogP) is 4.04. The van der Waals surface area contributed by atoms with Crippen molar-refractivity contribution in [1.29, 1.82) is 0 Å². The Bertz CT molecular complexity index is 532. The highest BCUT2D eigenvalue weighted by Gasteiger charge is 2.22. The topological polar surface area (TPSA) is 26.3 Å². The van der Waals surface area contributed by atoms with E-state index in [0.717, 1.165) is 5.56 Å². The van der Waals surface area contributed by atoms with Crippen molar-refractivity contribution in [2.45, 2.75) is 32.5 Å². The molecule has 0 saturated heterocycles. The first-order chi connectivity index (χ1) is 9.40. The summed E-state index contributed by atoms with van der Waals surface area (Å²) in [5, 5.41) is 0. The molecule has 1 rings (SSSR count). The molecule has 3 heteroatoms. The molecular formula is C17H22O2Si. The average molecular weight is 286 g/mol. The average Bonchev–Trinajstić information content (AvgIpc) is 2.45. The molecule has 0 heterocycles. The third-order valence-electron chi connectivity index (χ3n) is 3.47. The molecule has 1 unspecified atom stereocenters. The Morgan fingerprint density at radius 1 is 1.40 bits per heavy atom. The van der Waals surface area contributed by atoms with Crippen molar-refractivity contribution in [2.24, 2.45) is 0 Å². The lowest BCUT2D eigenvalue weighted by atomic mass is 10.1. The minimum atomic E-state index is -1.46. The molecule has 1 atom stereocenters. The maximum absolute atomic E-state index is 11.5. The highest BCUT2D eigenvalue weighted by Crippen LogP contribution is 2.21. The van der Waals surface area contributed by atoms with E-state index in [4.69, 9.17) is 4.74 Å². The van der Waals surface area contributed by atoms with Crippen LogP contribution in [0.25, 0.3) is 0 Å². The van der Waals surface area contributed by atoms with Gasteiger partial charge in [0.05, 0.1) is 20.2 Å². The summed E-state index contributed by atoms with van der Waals surface area (Å²) in [7, 11) is -1.46. The van der Waals surface area contributed by atoms with Gasteiger partial charge in [-0.25, -0.2) is 4.79 Å². The first-order valence-electron chi connectivity index (χ1n) is 6.83. The molecule has 0 amide bonds. The number of esters is 1. The van der Waals surface area contributed by atoms with E-state index < -0.39 is 8.07 Å². The lowest BCUT2D eigenvalue weighted by Crippen LogP contribution is -2.27. The summed E-state index contributed by atoms with van der Waals surface area (Å²) in [4.78, 5) is 11.5.